The van der Waals surface area contributed by atoms with Crippen molar-refractivity contribution in [1.82, 2.24) is 19.7 Å². The molecule has 0 aliphatic carbocycles. The zero-order chi connectivity index (χ0) is 45.0. The van der Waals surface area contributed by atoms with Crippen LogP contribution in [-0.2, 0) is 32.9 Å². The Bertz CT molecular complexity index is 3120. The Kier molecular flexibility index (Phi) is 12.0. The fourth-order valence-corrected chi connectivity index (χ4v) is 13.5. The first kappa shape index (κ1) is 46.0. The number of phenolic OH excluding ortho intramolecular Hbond substituents is 1. The normalized spacial score (nSPS) is 12.8. The summed E-state index contributed by atoms with van der Waals surface area (Å²) in [7, 11) is 0. The molecule has 1 aliphatic heterocycles. The van der Waals surface area contributed by atoms with Crippen LogP contribution >= 0.6 is 0 Å². The number of aromatic nitrogens is 4. The summed E-state index contributed by atoms with van der Waals surface area (Å²) in [5.41, 5.74) is 19.8. The van der Waals surface area contributed by atoms with E-state index in [0.717, 1.165) is 73.7 Å². The number of phenols is 1. The molecular formula is C56H60BN4OPtSe-. The molecule has 0 saturated carbocycles. The van der Waals surface area contributed by atoms with Crippen molar-refractivity contribution >= 4 is 58.3 Å². The second kappa shape index (κ2) is 16.7. The molecule has 0 unspecified atom stereocenters. The van der Waals surface area contributed by atoms with Gasteiger partial charge in [0.15, 0.2) is 0 Å². The number of hydrogen-bond acceptors (Lipinski definition) is 4. The number of fused-ring (bicyclic) bond motifs is 3. The topological polar surface area (TPSA) is 63.8 Å². The Morgan fingerprint density at radius 2 is 1.44 bits per heavy atom. The Hall–Kier alpha value is -4.54. The van der Waals surface area contributed by atoms with E-state index in [2.05, 4.69) is 173 Å². The standard InChI is InChI=1S/C56H60BN4OSe.Pt/c1-30(2)39-18-17-19-40(31(3)4)48(39)57-43-20-15-16-21-45(43)61-51-44(57)23-22-41(50(51)58-54(61)42-25-32(5)24-33(6)52(42)62)36-26-37(28-38(27-36)56(12,13)14)49-53-47(35(8)59-60-49)34(7)46(63-53)29-55(9,10)11;/h15-25,27-28,30-31,62H,29H2,1-14H3;/q-1;. The summed E-state index contributed by atoms with van der Waals surface area (Å²) in [6, 6.07) is 33.1. The van der Waals surface area contributed by atoms with E-state index in [4.69, 9.17) is 15.2 Å². The van der Waals surface area contributed by atoms with E-state index in [1.807, 2.05) is 13.0 Å². The minimum absolute atomic E-state index is 0. The minimum Gasteiger partial charge on any atom is 0 e. The number of aryl methyl sites for hydroxylation is 4. The molecule has 3 aromatic heterocycles. The van der Waals surface area contributed by atoms with Crippen LogP contribution in [-0.4, -0.2) is 46.1 Å². The van der Waals surface area contributed by atoms with Crippen molar-refractivity contribution in [2.75, 3.05) is 0 Å². The van der Waals surface area contributed by atoms with Gasteiger partial charge < -0.3 is 0 Å². The van der Waals surface area contributed by atoms with E-state index in [1.54, 1.807) is 0 Å². The molecule has 0 amide bonds. The number of benzene rings is 5. The number of imidazole rings is 1. The van der Waals surface area contributed by atoms with Gasteiger partial charge in [-0.05, 0) is 25.7 Å². The molecule has 5 nitrogen and oxygen atoms in total. The number of hydrogen-bond donors (Lipinski definition) is 1. The largest absolute Gasteiger partial charge is 0 e. The van der Waals surface area contributed by atoms with Crippen molar-refractivity contribution in [3.8, 4) is 45.2 Å². The van der Waals surface area contributed by atoms with Crippen molar-refractivity contribution in [3.63, 3.8) is 0 Å². The van der Waals surface area contributed by atoms with E-state index in [1.165, 1.54) is 52.7 Å². The summed E-state index contributed by atoms with van der Waals surface area (Å²) in [5.74, 6) is 1.66. The summed E-state index contributed by atoms with van der Waals surface area (Å²) in [6.07, 6.45) is 1.05. The maximum atomic E-state index is 11.9. The fourth-order valence-electron chi connectivity index (χ4n) is 10.0. The summed E-state index contributed by atoms with van der Waals surface area (Å²) in [6.45, 7) is 31.5. The third kappa shape index (κ3) is 7.78. The smallest absolute Gasteiger partial charge is 0 e. The van der Waals surface area contributed by atoms with Crippen LogP contribution in [0.4, 0.5) is 0 Å². The molecule has 8 heteroatoms. The van der Waals surface area contributed by atoms with Gasteiger partial charge in [-0.25, -0.2) is 0 Å². The molecule has 8 aromatic rings. The van der Waals surface area contributed by atoms with Crippen LogP contribution in [0.25, 0.3) is 60.1 Å². The quantitative estimate of drug-likeness (QED) is 0.128. The molecule has 330 valence electrons. The van der Waals surface area contributed by atoms with Gasteiger partial charge in [0.1, 0.15) is 0 Å². The minimum atomic E-state index is -0.158. The predicted molar refractivity (Wildman–Crippen MR) is 268 cm³/mol. The molecule has 0 spiro atoms. The first-order valence-corrected chi connectivity index (χ1v) is 24.4. The van der Waals surface area contributed by atoms with E-state index >= 15 is 0 Å². The first-order valence-electron chi connectivity index (χ1n) is 22.6. The Balaban J connectivity index is 0.00000560. The second-order valence-corrected chi connectivity index (χ2v) is 23.3. The van der Waals surface area contributed by atoms with Crippen molar-refractivity contribution in [2.45, 2.75) is 121 Å². The van der Waals surface area contributed by atoms with Gasteiger partial charge in [-0.2, -0.15) is 0 Å². The zero-order valence-electron chi connectivity index (χ0n) is 39.9. The van der Waals surface area contributed by atoms with E-state index in [-0.39, 0.29) is 58.9 Å². The van der Waals surface area contributed by atoms with Crippen LogP contribution in [0.3, 0.4) is 0 Å². The molecule has 1 aliphatic rings. The van der Waals surface area contributed by atoms with Crippen LogP contribution in [0, 0.1) is 39.2 Å². The van der Waals surface area contributed by atoms with Gasteiger partial charge >= 0.3 is 299 Å². The van der Waals surface area contributed by atoms with Gasteiger partial charge in [-0.1, -0.05) is 58.0 Å². The van der Waals surface area contributed by atoms with Crippen LogP contribution in [0.5, 0.6) is 5.75 Å². The Morgan fingerprint density at radius 1 is 0.766 bits per heavy atom. The van der Waals surface area contributed by atoms with Gasteiger partial charge in [0, 0.05) is 21.1 Å². The molecule has 0 bridgehead atoms. The number of rotatable bonds is 7. The maximum Gasteiger partial charge on any atom is 0 e. The van der Waals surface area contributed by atoms with Gasteiger partial charge in [0.2, 0.25) is 0 Å². The van der Waals surface area contributed by atoms with E-state index in [0.29, 0.717) is 11.8 Å². The average Bonchev–Trinajstić information content (AvgIpc) is 3.77. The van der Waals surface area contributed by atoms with Crippen LogP contribution < -0.4 is 16.4 Å². The third-order valence-corrected chi connectivity index (χ3v) is 15.8. The van der Waals surface area contributed by atoms with Crippen molar-refractivity contribution in [3.05, 3.63) is 128 Å². The molecular weight excluding hydrogens is 1030 g/mol. The molecule has 64 heavy (non-hydrogen) atoms. The second-order valence-electron chi connectivity index (χ2n) is 21.0. The van der Waals surface area contributed by atoms with Gasteiger partial charge in [0.25, 0.3) is 0 Å². The van der Waals surface area contributed by atoms with Gasteiger partial charge in [-0.3, -0.25) is 0 Å². The zero-order valence-corrected chi connectivity index (χ0v) is 43.9. The van der Waals surface area contributed by atoms with Gasteiger partial charge in [-0.15, -0.1) is 0 Å². The molecule has 1 N–H and O–H groups in total. The maximum absolute atomic E-state index is 11.9. The average molecular weight is 1090 g/mol. The SMILES string of the molecule is Cc1cc(C)c(O)c(-c2nc3c(-c4[c-]c(-c5nnc(C)c6c(C)c(CC(C)(C)C)[se]c56)cc(C(C)(C)C)c4)ccc4c3n2-c2ccccc2B4c2c(C(C)C)cccc2C(C)C)c1.[Pt]. The molecule has 0 atom stereocenters. The van der Waals surface area contributed by atoms with Crippen LogP contribution in [0.1, 0.15) is 125 Å². The number of aromatic hydroxyl groups is 1. The fraction of sp³-hybridized carbons (Fsp3) is 0.339. The molecule has 0 fully saturated rings. The molecule has 0 radical (unpaired) electrons. The molecule has 5 aromatic carbocycles. The van der Waals surface area contributed by atoms with Crippen LogP contribution in [0.15, 0.2) is 78.9 Å². The molecule has 4 heterocycles. The van der Waals surface area contributed by atoms with E-state index < -0.39 is 0 Å². The predicted octanol–water partition coefficient (Wildman–Crippen LogP) is 11.7. The number of nitrogens with zero attached hydrogens (tertiary/aromatic N) is 4. The monoisotopic (exact) mass is 1090 g/mol. The molecule has 0 saturated heterocycles. The summed E-state index contributed by atoms with van der Waals surface area (Å²) in [4.78, 5) is 5.69. The van der Waals surface area contributed by atoms with Crippen molar-refractivity contribution < 1.29 is 26.2 Å². The summed E-state index contributed by atoms with van der Waals surface area (Å²) >= 11 is 0.130. The first-order chi connectivity index (χ1) is 29.7. The third-order valence-electron chi connectivity index (χ3n) is 13.1. The Morgan fingerprint density at radius 3 is 2.09 bits per heavy atom. The van der Waals surface area contributed by atoms with E-state index in [9.17, 15) is 5.11 Å². The summed E-state index contributed by atoms with van der Waals surface area (Å²) < 4.78 is 5.18. The van der Waals surface area contributed by atoms with Crippen molar-refractivity contribution in [2.24, 2.45) is 5.41 Å². The molecule has 9 rings (SSSR count). The number of para-hydroxylation sites is 1. The Labute approximate surface area is 401 Å². The van der Waals surface area contributed by atoms with Crippen LogP contribution in [0.2, 0.25) is 0 Å². The summed E-state index contributed by atoms with van der Waals surface area (Å²) in [5, 5.41) is 23.0. The van der Waals surface area contributed by atoms with Gasteiger partial charge in [0.05, 0.1) is 0 Å². The van der Waals surface area contributed by atoms with Crippen molar-refractivity contribution in [1.29, 1.82) is 0 Å².